The van der Waals surface area contributed by atoms with E-state index in [0.29, 0.717) is 14.8 Å². The van der Waals surface area contributed by atoms with Crippen molar-refractivity contribution in [2.24, 2.45) is 0 Å². The van der Waals surface area contributed by atoms with Gasteiger partial charge in [-0.15, -0.1) is 0 Å². The first-order chi connectivity index (χ1) is 16.0. The first kappa shape index (κ1) is 24.9. The highest BCUT2D eigenvalue weighted by Crippen LogP contribution is 2.33. The van der Waals surface area contributed by atoms with Crippen molar-refractivity contribution >= 4 is 36.3 Å². The van der Waals surface area contributed by atoms with E-state index in [1.54, 1.807) is 0 Å². The lowest BCUT2D eigenvalue weighted by molar-refractivity contribution is -0.384. The number of carbonyl (C=O) groups excluding carboxylic acids is 3. The van der Waals surface area contributed by atoms with E-state index in [1.807, 2.05) is 0 Å². The molecule has 0 N–H and O–H groups in total. The number of nitrogens with zero attached hydrogens (tertiary/aromatic N) is 3. The van der Waals surface area contributed by atoms with Crippen LogP contribution < -0.4 is 0 Å². The third kappa shape index (κ3) is 5.25. The molecule has 0 spiro atoms. The number of fused-ring (bicyclic) bond motifs is 1. The van der Waals surface area contributed by atoms with Gasteiger partial charge in [-0.2, -0.15) is 0 Å². The van der Waals surface area contributed by atoms with Crippen LogP contribution in [0.15, 0.2) is 60.7 Å². The van der Waals surface area contributed by atoms with Crippen LogP contribution in [0.5, 0.6) is 0 Å². The van der Waals surface area contributed by atoms with Gasteiger partial charge in [-0.25, -0.2) is 9.18 Å². The number of non-ortho nitro benzene ring substituents is 1. The molecule has 9 nitrogen and oxygen atoms in total. The lowest BCUT2D eigenvalue weighted by Gasteiger charge is -2.47. The highest BCUT2D eigenvalue weighted by molar-refractivity contribution is 7.78. The fraction of sp³-hybridized carbons (Fsp3) is 0.261. The lowest BCUT2D eigenvalue weighted by Crippen LogP contribution is -2.71. The third-order valence-corrected chi connectivity index (χ3v) is 5.76. The molecule has 1 fully saturated rings. The van der Waals surface area contributed by atoms with Crippen LogP contribution in [-0.2, 0) is 25.7 Å². The number of ether oxygens (including phenoxy) is 1. The molecule has 1 heterocycles. The Hall–Kier alpha value is -3.73. The Morgan fingerprint density at radius 1 is 1.24 bits per heavy atom. The number of nitro groups is 1. The van der Waals surface area contributed by atoms with E-state index >= 15 is 0 Å². The summed E-state index contributed by atoms with van der Waals surface area (Å²) in [7, 11) is 0. The van der Waals surface area contributed by atoms with Gasteiger partial charge in [0.1, 0.15) is 6.61 Å². The average Bonchev–Trinajstić information content (AvgIpc) is 3.40. The molecule has 2 aliphatic carbocycles. The molecule has 3 atom stereocenters. The molecule has 178 valence electrons. The smallest absolute Gasteiger partial charge is 0.333 e. The van der Waals surface area contributed by atoms with E-state index in [4.69, 9.17) is 4.74 Å². The Balaban J connectivity index is 0.000000457. The highest BCUT2D eigenvalue weighted by atomic mass is 32.1. The number of benzene rings is 2. The Morgan fingerprint density at radius 3 is 2.21 bits per heavy atom. The van der Waals surface area contributed by atoms with E-state index in [1.165, 1.54) is 42.3 Å². The average molecular weight is 488 g/mol. The predicted molar refractivity (Wildman–Crippen MR) is 124 cm³/mol. The molecule has 1 saturated heterocycles. The molecule has 1 aliphatic heterocycles. The first-order valence-electron chi connectivity index (χ1n) is 10.1. The second-order valence-corrected chi connectivity index (χ2v) is 8.22. The van der Waals surface area contributed by atoms with Gasteiger partial charge < -0.3 is 4.74 Å². The summed E-state index contributed by atoms with van der Waals surface area (Å²) in [4.78, 5) is 46.7. The summed E-state index contributed by atoms with van der Waals surface area (Å²) in [5.41, 5.74) is 3.39. The Bertz CT molecular complexity index is 1140. The molecule has 0 aromatic heterocycles. The minimum atomic E-state index is -1.94. The minimum Gasteiger partial charge on any atom is -0.459 e. The molecule has 3 aliphatic rings. The molecular weight excluding hydrogens is 465 g/mol. The van der Waals surface area contributed by atoms with Crippen molar-refractivity contribution < 1.29 is 28.4 Å². The SMILES string of the molecule is C=C(C)C(C(=O)OCc1ccc([N+](=O)[O-])cc1)N1C(=O)C(N(S)C(C)=O)C1F.c1cc2cc-2c1. The largest absolute Gasteiger partial charge is 0.459 e. The third-order valence-electron chi connectivity index (χ3n) is 5.23. The van der Waals surface area contributed by atoms with Gasteiger partial charge in [0, 0.05) is 19.1 Å². The number of thiol groups is 1. The van der Waals surface area contributed by atoms with Gasteiger partial charge in [0.05, 0.1) is 4.92 Å². The second-order valence-electron chi connectivity index (χ2n) is 7.79. The number of amides is 2. The van der Waals surface area contributed by atoms with Gasteiger partial charge in [-0.1, -0.05) is 37.6 Å². The summed E-state index contributed by atoms with van der Waals surface area (Å²) in [6, 6.07) is 11.0. The minimum absolute atomic E-state index is 0.117. The van der Waals surface area contributed by atoms with Crippen molar-refractivity contribution in [1.82, 2.24) is 9.21 Å². The molecular formula is C23H22FN3O6S. The van der Waals surface area contributed by atoms with Gasteiger partial charge >= 0.3 is 5.97 Å². The summed E-state index contributed by atoms with van der Waals surface area (Å²) in [5, 5.41) is 10.6. The van der Waals surface area contributed by atoms with Crippen LogP contribution in [0.3, 0.4) is 0 Å². The van der Waals surface area contributed by atoms with Crippen molar-refractivity contribution in [2.75, 3.05) is 0 Å². The standard InChI is InChI=1S/C17H18FN3O6S.C6H4/c1-9(2)13(19-15(18)14(16(19)23)20(28)10(3)22)17(24)27-8-11-4-6-12(7-5-11)21(25)26;1-2-5-4-6(5)3-1/h4-7,13-15,28H,1,8H2,2-3H3;1-4H. The number of nitro benzene ring substituents is 1. The van der Waals surface area contributed by atoms with Gasteiger partial charge in [-0.3, -0.25) is 28.9 Å². The van der Waals surface area contributed by atoms with E-state index in [0.717, 1.165) is 6.92 Å². The zero-order valence-electron chi connectivity index (χ0n) is 18.4. The summed E-state index contributed by atoms with van der Waals surface area (Å²) < 4.78 is 20.3. The molecule has 0 bridgehead atoms. The maximum atomic E-state index is 14.5. The zero-order chi connectivity index (χ0) is 25.2. The normalized spacial score (nSPS) is 18.0. The Labute approximate surface area is 200 Å². The molecule has 1 aromatic carbocycles. The summed E-state index contributed by atoms with van der Waals surface area (Å²) >= 11 is 3.80. The number of likely N-dealkylation sites (tertiary alicyclic amines) is 1. The monoisotopic (exact) mass is 487 g/mol. The van der Waals surface area contributed by atoms with Crippen molar-refractivity contribution in [3.05, 3.63) is 76.4 Å². The van der Waals surface area contributed by atoms with E-state index in [-0.39, 0.29) is 17.9 Å². The first-order valence-corrected chi connectivity index (χ1v) is 10.5. The van der Waals surface area contributed by atoms with Crippen LogP contribution >= 0.6 is 12.8 Å². The lowest BCUT2D eigenvalue weighted by atomic mass is 9.98. The van der Waals surface area contributed by atoms with Crippen LogP contribution in [0.4, 0.5) is 10.1 Å². The number of hydrogen-bond donors (Lipinski definition) is 1. The van der Waals surface area contributed by atoms with Gasteiger partial charge in [-0.05, 0) is 47.4 Å². The number of alkyl halides is 1. The van der Waals surface area contributed by atoms with Crippen molar-refractivity contribution in [1.29, 1.82) is 0 Å². The summed E-state index contributed by atoms with van der Waals surface area (Å²) in [5.74, 6) is -2.32. The number of hydrogen-bond acceptors (Lipinski definition) is 7. The summed E-state index contributed by atoms with van der Waals surface area (Å²) in [6.07, 6.45) is -1.94. The van der Waals surface area contributed by atoms with Crippen LogP contribution in [0, 0.1) is 10.1 Å². The Morgan fingerprint density at radius 2 is 1.82 bits per heavy atom. The maximum Gasteiger partial charge on any atom is 0.333 e. The van der Waals surface area contributed by atoms with Crippen LogP contribution in [0.25, 0.3) is 11.1 Å². The highest BCUT2D eigenvalue weighted by Gasteiger charge is 2.56. The summed E-state index contributed by atoms with van der Waals surface area (Å²) in [6.45, 7) is 5.94. The van der Waals surface area contributed by atoms with Gasteiger partial charge in [0.25, 0.3) is 11.6 Å². The topological polar surface area (TPSA) is 110 Å². The molecule has 3 unspecified atom stereocenters. The molecule has 4 rings (SSSR count). The van der Waals surface area contributed by atoms with Gasteiger partial charge in [0.2, 0.25) is 12.2 Å². The fourth-order valence-corrected chi connectivity index (χ4v) is 3.53. The van der Waals surface area contributed by atoms with Crippen molar-refractivity contribution in [2.45, 2.75) is 38.8 Å². The molecule has 11 heteroatoms. The molecule has 0 radical (unpaired) electrons. The quantitative estimate of drug-likeness (QED) is 0.104. The van der Waals surface area contributed by atoms with E-state index < -0.39 is 41.1 Å². The zero-order valence-corrected chi connectivity index (χ0v) is 19.3. The number of esters is 1. The van der Waals surface area contributed by atoms with E-state index in [9.17, 15) is 28.9 Å². The van der Waals surface area contributed by atoms with Gasteiger partial charge in [0.15, 0.2) is 12.1 Å². The molecule has 1 aromatic rings. The molecule has 2 amide bonds. The predicted octanol–water partition coefficient (Wildman–Crippen LogP) is 3.45. The van der Waals surface area contributed by atoms with Crippen LogP contribution in [0.1, 0.15) is 19.4 Å². The number of β-lactam (4-membered cyclic amide) rings is 1. The van der Waals surface area contributed by atoms with Crippen LogP contribution in [0.2, 0.25) is 0 Å². The number of rotatable bonds is 7. The van der Waals surface area contributed by atoms with Crippen molar-refractivity contribution in [3.63, 3.8) is 0 Å². The van der Waals surface area contributed by atoms with Crippen LogP contribution in [-0.4, -0.2) is 50.3 Å². The maximum absolute atomic E-state index is 14.5. The number of carbonyl (C=O) groups is 3. The Kier molecular flexibility index (Phi) is 7.35. The van der Waals surface area contributed by atoms with Crippen molar-refractivity contribution in [3.8, 4) is 11.1 Å². The fourth-order valence-electron chi connectivity index (χ4n) is 3.32. The number of halogens is 1. The second kappa shape index (κ2) is 10.0. The molecule has 0 saturated carbocycles. The molecule has 34 heavy (non-hydrogen) atoms. The van der Waals surface area contributed by atoms with E-state index in [2.05, 4.69) is 43.7 Å².